The summed E-state index contributed by atoms with van der Waals surface area (Å²) in [6.07, 6.45) is 0.0677. The van der Waals surface area contributed by atoms with Gasteiger partial charge in [0.25, 0.3) is 0 Å². The molecule has 1 fully saturated rings. The summed E-state index contributed by atoms with van der Waals surface area (Å²) in [6, 6.07) is 26.0. The van der Waals surface area contributed by atoms with E-state index in [1.54, 1.807) is 4.90 Å². The first-order valence-electron chi connectivity index (χ1n) is 12.1. The normalized spacial score (nSPS) is 17.7. The van der Waals surface area contributed by atoms with Crippen LogP contribution in [-0.2, 0) is 38.7 Å². The fourth-order valence-corrected chi connectivity index (χ4v) is 4.38. The van der Waals surface area contributed by atoms with Crippen molar-refractivity contribution in [2.45, 2.75) is 31.7 Å². The third-order valence-electron chi connectivity index (χ3n) is 6.22. The molecule has 1 saturated heterocycles. The molecule has 0 spiro atoms. The summed E-state index contributed by atoms with van der Waals surface area (Å²) in [5.74, 6) is -0.793. The van der Waals surface area contributed by atoms with E-state index >= 15 is 0 Å². The lowest BCUT2D eigenvalue weighted by Gasteiger charge is -2.30. The number of carbonyl (C=O) groups is 4. The Hall–Kier alpha value is -4.46. The van der Waals surface area contributed by atoms with E-state index in [0.29, 0.717) is 6.29 Å². The van der Waals surface area contributed by atoms with Crippen molar-refractivity contribution in [2.24, 2.45) is 0 Å². The molecule has 0 radical (unpaired) electrons. The number of carbonyl (C=O) groups excluding carboxylic acids is 4. The lowest BCUT2D eigenvalue weighted by atomic mass is 10.0. The minimum absolute atomic E-state index is 0.0366. The van der Waals surface area contributed by atoms with Crippen LogP contribution in [0.15, 0.2) is 91.0 Å². The van der Waals surface area contributed by atoms with E-state index in [1.807, 2.05) is 91.0 Å². The maximum Gasteiger partial charge on any atom is 0.408 e. The van der Waals surface area contributed by atoms with Crippen molar-refractivity contribution in [3.05, 3.63) is 108 Å². The van der Waals surface area contributed by atoms with Gasteiger partial charge >= 0.3 is 6.09 Å². The van der Waals surface area contributed by atoms with Crippen molar-refractivity contribution in [1.29, 1.82) is 0 Å². The second-order valence-corrected chi connectivity index (χ2v) is 8.83. The molecule has 2 atom stereocenters. The van der Waals surface area contributed by atoms with E-state index in [1.165, 1.54) is 4.90 Å². The first-order chi connectivity index (χ1) is 18.0. The molecule has 1 N–H and O–H groups in total. The predicted molar refractivity (Wildman–Crippen MR) is 137 cm³/mol. The van der Waals surface area contributed by atoms with Crippen LogP contribution in [0.5, 0.6) is 0 Å². The molecule has 4 rings (SSSR count). The van der Waals surface area contributed by atoms with Gasteiger partial charge in [-0.05, 0) is 16.7 Å². The zero-order chi connectivity index (χ0) is 26.0. The Labute approximate surface area is 215 Å². The molecule has 0 bridgehead atoms. The molecule has 1 aliphatic heterocycles. The number of amides is 3. The van der Waals surface area contributed by atoms with Crippen molar-refractivity contribution < 1.29 is 23.9 Å². The van der Waals surface area contributed by atoms with Crippen LogP contribution >= 0.6 is 0 Å². The first-order valence-corrected chi connectivity index (χ1v) is 12.1. The lowest BCUT2D eigenvalue weighted by molar-refractivity contribution is -0.142. The van der Waals surface area contributed by atoms with Gasteiger partial charge in [0, 0.05) is 13.0 Å². The number of nitrogens with zero attached hydrogens (tertiary/aromatic N) is 2. The van der Waals surface area contributed by atoms with Crippen molar-refractivity contribution in [3.8, 4) is 0 Å². The second kappa shape index (κ2) is 12.5. The highest BCUT2D eigenvalue weighted by molar-refractivity contribution is 5.95. The third kappa shape index (κ3) is 6.82. The largest absolute Gasteiger partial charge is 0.445 e. The van der Waals surface area contributed by atoms with Gasteiger partial charge in [0.05, 0.1) is 13.1 Å². The number of alkyl carbamates (subject to hydrolysis) is 1. The van der Waals surface area contributed by atoms with Crippen molar-refractivity contribution in [1.82, 2.24) is 15.1 Å². The molecule has 3 aromatic carbocycles. The van der Waals surface area contributed by atoms with Crippen molar-refractivity contribution in [2.75, 3.05) is 13.1 Å². The Balaban J connectivity index is 1.59. The van der Waals surface area contributed by atoms with E-state index < -0.39 is 24.1 Å². The summed E-state index contributed by atoms with van der Waals surface area (Å²) in [7, 11) is 0. The molecular weight excluding hydrogens is 470 g/mol. The van der Waals surface area contributed by atoms with E-state index in [-0.39, 0.29) is 38.6 Å². The molecule has 8 nitrogen and oxygen atoms in total. The minimum atomic E-state index is -1.07. The van der Waals surface area contributed by atoms with E-state index in [9.17, 15) is 19.2 Å². The Morgan fingerprint density at radius 3 is 2.00 bits per heavy atom. The topological polar surface area (TPSA) is 96.0 Å². The van der Waals surface area contributed by atoms with E-state index in [0.717, 1.165) is 16.7 Å². The molecule has 37 heavy (non-hydrogen) atoms. The maximum absolute atomic E-state index is 13.8. The number of ether oxygens (including phenoxy) is 1. The van der Waals surface area contributed by atoms with Crippen molar-refractivity contribution in [3.63, 3.8) is 0 Å². The second-order valence-electron chi connectivity index (χ2n) is 8.83. The molecule has 3 amide bonds. The molecule has 1 heterocycles. The summed E-state index contributed by atoms with van der Waals surface area (Å²) >= 11 is 0. The highest BCUT2D eigenvalue weighted by atomic mass is 16.5. The Morgan fingerprint density at radius 1 is 0.838 bits per heavy atom. The zero-order valence-corrected chi connectivity index (χ0v) is 20.4. The zero-order valence-electron chi connectivity index (χ0n) is 20.4. The molecule has 0 unspecified atom stereocenters. The van der Waals surface area contributed by atoms with Gasteiger partial charge in [0.15, 0.2) is 0 Å². The van der Waals surface area contributed by atoms with Gasteiger partial charge in [0.1, 0.15) is 25.0 Å². The van der Waals surface area contributed by atoms with Gasteiger partial charge in [-0.15, -0.1) is 0 Å². The van der Waals surface area contributed by atoms with Gasteiger partial charge in [-0.2, -0.15) is 0 Å². The molecule has 3 aromatic rings. The van der Waals surface area contributed by atoms with Crippen LogP contribution in [0.4, 0.5) is 4.79 Å². The molecule has 0 aliphatic carbocycles. The molecular formula is C29H29N3O5. The monoisotopic (exact) mass is 499 g/mol. The predicted octanol–water partition coefficient (Wildman–Crippen LogP) is 2.96. The summed E-state index contributed by atoms with van der Waals surface area (Å²) in [6.45, 7) is -0.0223. The first kappa shape index (κ1) is 25.6. The molecule has 190 valence electrons. The summed E-state index contributed by atoms with van der Waals surface area (Å²) < 4.78 is 5.32. The minimum Gasteiger partial charge on any atom is -0.445 e. The Morgan fingerprint density at radius 2 is 1.41 bits per heavy atom. The number of rotatable bonds is 9. The maximum atomic E-state index is 13.8. The van der Waals surface area contributed by atoms with E-state index in [2.05, 4.69) is 5.32 Å². The number of aldehydes is 1. The van der Waals surface area contributed by atoms with Gasteiger partial charge in [-0.3, -0.25) is 9.59 Å². The lowest BCUT2D eigenvalue weighted by Crippen LogP contribution is -2.53. The average Bonchev–Trinajstić information content (AvgIpc) is 3.01. The molecule has 8 heteroatoms. The van der Waals surface area contributed by atoms with Gasteiger partial charge in [0.2, 0.25) is 11.8 Å². The van der Waals surface area contributed by atoms with Crippen LogP contribution < -0.4 is 5.32 Å². The number of benzene rings is 3. The van der Waals surface area contributed by atoms with Crippen LogP contribution in [0.3, 0.4) is 0 Å². The van der Waals surface area contributed by atoms with Crippen LogP contribution in [0.2, 0.25) is 0 Å². The van der Waals surface area contributed by atoms with Crippen molar-refractivity contribution >= 4 is 24.2 Å². The van der Waals surface area contributed by atoms with Gasteiger partial charge in [-0.25, -0.2) is 4.79 Å². The number of hydrogen-bond donors (Lipinski definition) is 1. The van der Waals surface area contributed by atoms with Crippen LogP contribution in [0, 0.1) is 0 Å². The van der Waals surface area contributed by atoms with Crippen LogP contribution in [0.1, 0.15) is 16.7 Å². The Kier molecular flexibility index (Phi) is 8.65. The molecule has 0 saturated carbocycles. The number of hydrogen-bond acceptors (Lipinski definition) is 5. The highest BCUT2D eigenvalue weighted by Crippen LogP contribution is 2.20. The number of nitrogens with one attached hydrogen (secondary N) is 1. The molecule has 1 aliphatic rings. The molecule has 0 aromatic heterocycles. The third-order valence-corrected chi connectivity index (χ3v) is 6.22. The highest BCUT2D eigenvalue weighted by Gasteiger charge is 2.41. The fourth-order valence-electron chi connectivity index (χ4n) is 4.38. The van der Waals surface area contributed by atoms with Crippen LogP contribution in [0.25, 0.3) is 0 Å². The van der Waals surface area contributed by atoms with E-state index in [4.69, 9.17) is 4.74 Å². The fraction of sp³-hybridized carbons (Fsp3) is 0.241. The average molecular weight is 500 g/mol. The Bertz CT molecular complexity index is 1200. The SMILES string of the molecule is O=CCN1C(=O)[C@@H](NC(=O)OCc2ccccc2)CN(Cc2ccccc2)C(=O)[C@@H]1Cc1ccccc1. The van der Waals surface area contributed by atoms with Crippen LogP contribution in [-0.4, -0.2) is 59.2 Å². The summed E-state index contributed by atoms with van der Waals surface area (Å²) in [5, 5.41) is 2.63. The van der Waals surface area contributed by atoms with Gasteiger partial charge in [-0.1, -0.05) is 91.0 Å². The quantitative estimate of drug-likeness (QED) is 0.457. The van der Waals surface area contributed by atoms with Gasteiger partial charge < -0.3 is 24.6 Å². The summed E-state index contributed by atoms with van der Waals surface area (Å²) in [5.41, 5.74) is 2.55. The standard InChI is InChI=1S/C29H29N3O5/c33-17-16-32-26(18-22-10-4-1-5-11-22)28(35)31(19-23-12-6-2-7-13-23)20-25(27(32)34)30-29(36)37-21-24-14-8-3-9-15-24/h1-15,17,25-26H,16,18-21H2,(H,30,36)/t25-,26-/m0/s1. The smallest absolute Gasteiger partial charge is 0.408 e. The summed E-state index contributed by atoms with van der Waals surface area (Å²) in [4.78, 5) is 54.4.